The van der Waals surface area contributed by atoms with Gasteiger partial charge in [0.1, 0.15) is 31.0 Å². The number of aromatic hydroxyl groups is 1. The van der Waals surface area contributed by atoms with Crippen molar-refractivity contribution in [3.05, 3.63) is 41.5 Å². The Morgan fingerprint density at radius 1 is 1.25 bits per heavy atom. The zero-order chi connectivity index (χ0) is 23.7. The van der Waals surface area contributed by atoms with E-state index in [1.54, 1.807) is 6.07 Å². The van der Waals surface area contributed by atoms with Gasteiger partial charge in [-0.2, -0.15) is 5.26 Å². The Kier molecular flexibility index (Phi) is 9.61. The molecule has 0 amide bonds. The lowest BCUT2D eigenvalue weighted by Crippen LogP contribution is -2.59. The summed E-state index contributed by atoms with van der Waals surface area (Å²) in [4.78, 5) is 11.9. The van der Waals surface area contributed by atoms with E-state index < -0.39 is 43.3 Å². The van der Waals surface area contributed by atoms with Gasteiger partial charge in [-0.15, -0.1) is 0 Å². The second-order valence-electron chi connectivity index (χ2n) is 6.74. The van der Waals surface area contributed by atoms with Gasteiger partial charge in [0.2, 0.25) is 0 Å². The van der Waals surface area contributed by atoms with Crippen molar-refractivity contribution < 1.29 is 49.3 Å². The minimum atomic E-state index is -1.58. The summed E-state index contributed by atoms with van der Waals surface area (Å²) in [5, 5.41) is 57.2. The third-order valence-corrected chi connectivity index (χ3v) is 4.57. The highest BCUT2D eigenvalue weighted by atomic mass is 16.7. The summed E-state index contributed by atoms with van der Waals surface area (Å²) in [6.07, 6.45) is -3.21. The number of aliphatic hydroxyl groups is 4. The van der Waals surface area contributed by atoms with E-state index in [1.807, 2.05) is 6.07 Å². The van der Waals surface area contributed by atoms with Crippen LogP contribution in [0.25, 0.3) is 6.08 Å². The molecule has 11 nitrogen and oxygen atoms in total. The van der Waals surface area contributed by atoms with Crippen LogP contribution in [-0.4, -0.2) is 89.1 Å². The first-order chi connectivity index (χ1) is 15.3. The fraction of sp³-hybridized carbons (Fsp3) is 0.429. The Morgan fingerprint density at radius 3 is 2.66 bits per heavy atom. The van der Waals surface area contributed by atoms with E-state index in [9.17, 15) is 25.2 Å². The number of hydrogen-bond acceptors (Lipinski definition) is 11. The summed E-state index contributed by atoms with van der Waals surface area (Å²) in [6, 6.07) is 6.34. The molecule has 0 aliphatic carbocycles. The topological polar surface area (TPSA) is 179 Å². The molecule has 0 unspecified atom stereocenters. The van der Waals surface area contributed by atoms with Crippen LogP contribution >= 0.6 is 0 Å². The van der Waals surface area contributed by atoms with Crippen LogP contribution in [0.2, 0.25) is 0 Å². The molecule has 0 spiro atoms. The molecule has 32 heavy (non-hydrogen) atoms. The Morgan fingerprint density at radius 2 is 2.00 bits per heavy atom. The SMILES string of the molecule is COc1cc(/C=C/C(=O)OC/C(C#N)=C/CO[C@@H]2O[C@H](CO)[C@H](O)[C@H](O)[C@H]2O)ccc1O. The lowest BCUT2D eigenvalue weighted by molar-refractivity contribution is -0.298. The average Bonchev–Trinajstić information content (AvgIpc) is 2.80. The first kappa shape index (κ1) is 25.3. The van der Waals surface area contributed by atoms with E-state index >= 15 is 0 Å². The number of hydrogen-bond donors (Lipinski definition) is 5. The molecule has 1 aliphatic rings. The van der Waals surface area contributed by atoms with E-state index in [1.165, 1.54) is 31.4 Å². The van der Waals surface area contributed by atoms with Crippen molar-refractivity contribution in [3.63, 3.8) is 0 Å². The highest BCUT2D eigenvalue weighted by Crippen LogP contribution is 2.26. The molecule has 1 fully saturated rings. The Labute approximate surface area is 183 Å². The van der Waals surface area contributed by atoms with Crippen LogP contribution < -0.4 is 4.74 Å². The number of phenols is 1. The highest BCUT2D eigenvalue weighted by Gasteiger charge is 2.43. The molecule has 1 aromatic carbocycles. The summed E-state index contributed by atoms with van der Waals surface area (Å²) in [5.74, 6) is -0.510. The Hall–Kier alpha value is -2.98. The first-order valence-corrected chi connectivity index (χ1v) is 9.53. The second-order valence-corrected chi connectivity index (χ2v) is 6.74. The minimum absolute atomic E-state index is 0.0399. The molecular weight excluding hydrogens is 426 g/mol. The molecule has 0 saturated carbocycles. The predicted octanol–water partition coefficient (Wildman–Crippen LogP) is -0.776. The van der Waals surface area contributed by atoms with E-state index in [4.69, 9.17) is 29.3 Å². The highest BCUT2D eigenvalue weighted by molar-refractivity contribution is 5.87. The largest absolute Gasteiger partial charge is 0.504 e. The number of phenolic OH excluding ortho intramolecular Hbond substituents is 1. The molecule has 0 aromatic heterocycles. The van der Waals surface area contributed by atoms with Gasteiger partial charge in [-0.25, -0.2) is 4.79 Å². The quantitative estimate of drug-likeness (QED) is 0.181. The summed E-state index contributed by atoms with van der Waals surface area (Å²) in [6.45, 7) is -1.16. The Balaban J connectivity index is 1.85. The molecule has 0 radical (unpaired) electrons. The predicted molar refractivity (Wildman–Crippen MR) is 108 cm³/mol. The molecule has 5 atom stereocenters. The molecule has 0 bridgehead atoms. The molecule has 1 aromatic rings. The molecule has 1 heterocycles. The molecule has 5 N–H and O–H groups in total. The third-order valence-electron chi connectivity index (χ3n) is 4.57. The number of carbonyl (C=O) groups is 1. The zero-order valence-corrected chi connectivity index (χ0v) is 17.2. The van der Waals surface area contributed by atoms with Crippen molar-refractivity contribution in [1.29, 1.82) is 5.26 Å². The van der Waals surface area contributed by atoms with Gasteiger partial charge in [0.25, 0.3) is 0 Å². The van der Waals surface area contributed by atoms with Gasteiger partial charge < -0.3 is 44.5 Å². The molecule has 174 valence electrons. The van der Waals surface area contributed by atoms with Gasteiger partial charge >= 0.3 is 5.97 Å². The Bertz CT molecular complexity index is 876. The van der Waals surface area contributed by atoms with Crippen molar-refractivity contribution in [2.75, 3.05) is 26.9 Å². The van der Waals surface area contributed by atoms with E-state index in [0.717, 1.165) is 6.08 Å². The van der Waals surface area contributed by atoms with Crippen LogP contribution in [0.5, 0.6) is 11.5 Å². The van der Waals surface area contributed by atoms with E-state index in [0.29, 0.717) is 5.56 Å². The third kappa shape index (κ3) is 6.76. The smallest absolute Gasteiger partial charge is 0.331 e. The minimum Gasteiger partial charge on any atom is -0.504 e. The van der Waals surface area contributed by atoms with Gasteiger partial charge in [-0.05, 0) is 29.8 Å². The van der Waals surface area contributed by atoms with Crippen LogP contribution in [0, 0.1) is 11.3 Å². The average molecular weight is 451 g/mol. The molecule has 1 aliphatic heterocycles. The number of esters is 1. The number of carbonyl (C=O) groups excluding carboxylic acids is 1. The van der Waals surface area contributed by atoms with Gasteiger partial charge in [-0.3, -0.25) is 0 Å². The van der Waals surface area contributed by atoms with Gasteiger partial charge in [0, 0.05) is 6.08 Å². The lowest BCUT2D eigenvalue weighted by atomic mass is 9.99. The number of benzene rings is 1. The number of methoxy groups -OCH3 is 1. The molecule has 2 rings (SSSR count). The maximum Gasteiger partial charge on any atom is 0.331 e. The second kappa shape index (κ2) is 12.2. The monoisotopic (exact) mass is 451 g/mol. The van der Waals surface area contributed by atoms with Crippen molar-refractivity contribution in [2.24, 2.45) is 0 Å². The zero-order valence-electron chi connectivity index (χ0n) is 17.2. The number of nitriles is 1. The molecule has 11 heteroatoms. The fourth-order valence-corrected chi connectivity index (χ4v) is 2.74. The number of rotatable bonds is 9. The summed E-state index contributed by atoms with van der Waals surface area (Å²) < 4.78 is 20.4. The van der Waals surface area contributed by atoms with Crippen LogP contribution in [0.4, 0.5) is 0 Å². The van der Waals surface area contributed by atoms with Crippen molar-refractivity contribution in [2.45, 2.75) is 30.7 Å². The van der Waals surface area contributed by atoms with Crippen LogP contribution in [0.3, 0.4) is 0 Å². The van der Waals surface area contributed by atoms with Crippen molar-refractivity contribution in [1.82, 2.24) is 0 Å². The lowest BCUT2D eigenvalue weighted by Gasteiger charge is -2.39. The van der Waals surface area contributed by atoms with Crippen molar-refractivity contribution in [3.8, 4) is 17.6 Å². The number of aliphatic hydroxyl groups excluding tert-OH is 4. The maximum atomic E-state index is 11.9. The fourth-order valence-electron chi connectivity index (χ4n) is 2.74. The van der Waals surface area contributed by atoms with Gasteiger partial charge in [0.15, 0.2) is 17.8 Å². The van der Waals surface area contributed by atoms with Crippen LogP contribution in [-0.2, 0) is 19.0 Å². The van der Waals surface area contributed by atoms with Crippen molar-refractivity contribution >= 4 is 12.0 Å². The van der Waals surface area contributed by atoms with Crippen LogP contribution in [0.15, 0.2) is 35.9 Å². The standard InChI is InChI=1S/C21H25NO10/c1-29-15-8-12(2-4-14(15)24)3-5-17(25)31-11-13(9-22)6-7-30-21-20(28)19(27)18(26)16(10-23)32-21/h2-6,8,16,18-21,23-24,26-28H,7,10-11H2,1H3/b5-3+,13-6+/t16-,18+,19+,20-,21-/m1/s1. The molecular formula is C21H25NO10. The maximum absolute atomic E-state index is 11.9. The first-order valence-electron chi connectivity index (χ1n) is 9.53. The summed E-state index contributed by atoms with van der Waals surface area (Å²) in [7, 11) is 1.40. The number of nitrogens with zero attached hydrogens (tertiary/aromatic N) is 1. The van der Waals surface area contributed by atoms with Crippen LogP contribution in [0.1, 0.15) is 5.56 Å². The van der Waals surface area contributed by atoms with E-state index in [2.05, 4.69) is 0 Å². The normalized spacial score (nSPS) is 26.0. The van der Waals surface area contributed by atoms with E-state index in [-0.39, 0.29) is 30.3 Å². The van der Waals surface area contributed by atoms with Gasteiger partial charge in [-0.1, -0.05) is 6.07 Å². The summed E-state index contributed by atoms with van der Waals surface area (Å²) >= 11 is 0. The van der Waals surface area contributed by atoms with Gasteiger partial charge in [0.05, 0.1) is 32.0 Å². The summed E-state index contributed by atoms with van der Waals surface area (Å²) in [5.41, 5.74) is 0.642. The molecule has 1 saturated heterocycles. The number of ether oxygens (including phenoxy) is 4.